The number of aromatic nitrogens is 2. The molecule has 29 heavy (non-hydrogen) atoms. The SMILES string of the molecule is CCC(C)C(NC(=O)CNC(=O)C(N)Cc1cnc[nH]1)C(=O)NC(CO)C(=O)O. The number of aliphatic carboxylic acids is 1. The monoisotopic (exact) mass is 412 g/mol. The van der Waals surface area contributed by atoms with E-state index < -0.39 is 55.0 Å². The first-order valence-electron chi connectivity index (χ1n) is 9.13. The van der Waals surface area contributed by atoms with Gasteiger partial charge in [-0.2, -0.15) is 0 Å². The number of aromatic amines is 1. The fourth-order valence-corrected chi connectivity index (χ4v) is 2.40. The van der Waals surface area contributed by atoms with Crippen molar-refractivity contribution < 1.29 is 29.4 Å². The number of rotatable bonds is 12. The van der Waals surface area contributed by atoms with Gasteiger partial charge in [-0.1, -0.05) is 20.3 Å². The Morgan fingerprint density at radius 1 is 1.24 bits per heavy atom. The summed E-state index contributed by atoms with van der Waals surface area (Å²) in [6, 6.07) is -3.40. The van der Waals surface area contributed by atoms with E-state index in [1.54, 1.807) is 13.8 Å². The maximum atomic E-state index is 12.4. The van der Waals surface area contributed by atoms with Crippen molar-refractivity contribution >= 4 is 23.7 Å². The maximum absolute atomic E-state index is 12.4. The normalized spacial score (nSPS) is 14.9. The average molecular weight is 412 g/mol. The molecule has 162 valence electrons. The average Bonchev–Trinajstić information content (AvgIpc) is 3.20. The van der Waals surface area contributed by atoms with E-state index in [0.29, 0.717) is 12.1 Å². The predicted molar refractivity (Wildman–Crippen MR) is 101 cm³/mol. The van der Waals surface area contributed by atoms with Gasteiger partial charge in [-0.05, 0) is 5.92 Å². The summed E-state index contributed by atoms with van der Waals surface area (Å²) in [6.45, 7) is 2.32. The molecule has 12 heteroatoms. The van der Waals surface area contributed by atoms with Crippen LogP contribution in [-0.4, -0.2) is 75.1 Å². The van der Waals surface area contributed by atoms with E-state index in [2.05, 4.69) is 25.9 Å². The second-order valence-electron chi connectivity index (χ2n) is 6.62. The molecule has 12 nitrogen and oxygen atoms in total. The number of aliphatic hydroxyl groups is 1. The number of carboxylic acids is 1. The quantitative estimate of drug-likeness (QED) is 0.195. The second-order valence-corrected chi connectivity index (χ2v) is 6.62. The van der Waals surface area contributed by atoms with Gasteiger partial charge in [0.25, 0.3) is 0 Å². The minimum Gasteiger partial charge on any atom is -0.480 e. The lowest BCUT2D eigenvalue weighted by Crippen LogP contribution is -2.56. The van der Waals surface area contributed by atoms with Crippen molar-refractivity contribution in [3.63, 3.8) is 0 Å². The zero-order valence-electron chi connectivity index (χ0n) is 16.3. The first-order valence-corrected chi connectivity index (χ1v) is 9.13. The van der Waals surface area contributed by atoms with Crippen molar-refractivity contribution in [2.45, 2.75) is 44.8 Å². The van der Waals surface area contributed by atoms with Crippen LogP contribution in [0.15, 0.2) is 12.5 Å². The number of hydrogen-bond donors (Lipinski definition) is 7. The molecular formula is C17H28N6O6. The minimum atomic E-state index is -1.48. The molecule has 1 rings (SSSR count). The fourth-order valence-electron chi connectivity index (χ4n) is 2.40. The van der Waals surface area contributed by atoms with Crippen molar-refractivity contribution in [3.8, 4) is 0 Å². The van der Waals surface area contributed by atoms with Crippen molar-refractivity contribution in [1.82, 2.24) is 25.9 Å². The number of amides is 3. The molecule has 0 saturated heterocycles. The number of aliphatic hydroxyl groups excluding tert-OH is 1. The maximum Gasteiger partial charge on any atom is 0.328 e. The van der Waals surface area contributed by atoms with Crippen LogP contribution in [0.5, 0.6) is 0 Å². The molecule has 0 saturated carbocycles. The van der Waals surface area contributed by atoms with Gasteiger partial charge in [0.1, 0.15) is 12.1 Å². The van der Waals surface area contributed by atoms with Gasteiger partial charge in [0, 0.05) is 18.3 Å². The van der Waals surface area contributed by atoms with E-state index in [9.17, 15) is 19.2 Å². The van der Waals surface area contributed by atoms with Crippen LogP contribution in [-0.2, 0) is 25.6 Å². The van der Waals surface area contributed by atoms with E-state index >= 15 is 0 Å². The van der Waals surface area contributed by atoms with Gasteiger partial charge in [-0.15, -0.1) is 0 Å². The Bertz CT molecular complexity index is 695. The molecule has 0 spiro atoms. The summed E-state index contributed by atoms with van der Waals surface area (Å²) in [5.41, 5.74) is 6.45. The van der Waals surface area contributed by atoms with Crippen molar-refractivity contribution in [2.75, 3.05) is 13.2 Å². The third-order valence-corrected chi connectivity index (χ3v) is 4.36. The highest BCUT2D eigenvalue weighted by Crippen LogP contribution is 2.08. The summed E-state index contributed by atoms with van der Waals surface area (Å²) in [4.78, 5) is 54.2. The van der Waals surface area contributed by atoms with E-state index in [1.165, 1.54) is 12.5 Å². The van der Waals surface area contributed by atoms with Crippen molar-refractivity contribution in [1.29, 1.82) is 0 Å². The van der Waals surface area contributed by atoms with Gasteiger partial charge in [0.2, 0.25) is 17.7 Å². The van der Waals surface area contributed by atoms with E-state index in [0.717, 1.165) is 0 Å². The number of imidazole rings is 1. The molecule has 4 unspecified atom stereocenters. The molecule has 0 aliphatic heterocycles. The zero-order valence-corrected chi connectivity index (χ0v) is 16.3. The van der Waals surface area contributed by atoms with Crippen LogP contribution in [0.25, 0.3) is 0 Å². The molecule has 1 heterocycles. The zero-order chi connectivity index (χ0) is 22.0. The predicted octanol–water partition coefficient (Wildman–Crippen LogP) is -2.51. The Kier molecular flexibility index (Phi) is 9.75. The largest absolute Gasteiger partial charge is 0.480 e. The Morgan fingerprint density at radius 2 is 1.93 bits per heavy atom. The molecule has 0 aliphatic rings. The Hall–Kier alpha value is -2.99. The van der Waals surface area contributed by atoms with Crippen LogP contribution >= 0.6 is 0 Å². The van der Waals surface area contributed by atoms with Gasteiger partial charge in [0.05, 0.1) is 25.5 Å². The molecule has 3 amide bonds. The Balaban J connectivity index is 2.60. The summed E-state index contributed by atoms with van der Waals surface area (Å²) in [6.07, 6.45) is 3.73. The van der Waals surface area contributed by atoms with E-state index in [4.69, 9.17) is 15.9 Å². The number of carbonyl (C=O) groups excluding carboxylic acids is 3. The fraction of sp³-hybridized carbons (Fsp3) is 0.588. The summed E-state index contributed by atoms with van der Waals surface area (Å²) < 4.78 is 0. The molecule has 1 aromatic heterocycles. The number of nitrogens with two attached hydrogens (primary N) is 1. The Morgan fingerprint density at radius 3 is 2.45 bits per heavy atom. The second kappa shape index (κ2) is 11.8. The van der Waals surface area contributed by atoms with Crippen LogP contribution in [0.3, 0.4) is 0 Å². The standard InChI is InChI=1S/C17H28N6O6/c1-3-9(2)14(16(27)22-12(7-24)17(28)29)23-13(25)6-20-15(26)11(18)4-10-5-19-8-21-10/h5,8-9,11-12,14,24H,3-4,6-7,18H2,1-2H3,(H,19,21)(H,20,26)(H,22,27)(H,23,25)(H,28,29). The molecule has 0 fully saturated rings. The molecule has 0 aromatic carbocycles. The lowest BCUT2D eigenvalue weighted by Gasteiger charge is -2.25. The number of carbonyl (C=O) groups is 4. The van der Waals surface area contributed by atoms with Crippen molar-refractivity contribution in [3.05, 3.63) is 18.2 Å². The van der Waals surface area contributed by atoms with E-state index in [1.807, 2.05) is 0 Å². The number of H-pyrrole nitrogens is 1. The number of hydrogen-bond acceptors (Lipinski definition) is 7. The van der Waals surface area contributed by atoms with Gasteiger partial charge >= 0.3 is 5.97 Å². The van der Waals surface area contributed by atoms with Crippen LogP contribution in [0.2, 0.25) is 0 Å². The molecule has 0 aliphatic carbocycles. The highest BCUT2D eigenvalue weighted by molar-refractivity contribution is 5.92. The number of carboxylic acid groups (broad SMARTS) is 1. The molecular weight excluding hydrogens is 384 g/mol. The van der Waals surface area contributed by atoms with Gasteiger partial charge in [0.15, 0.2) is 0 Å². The highest BCUT2D eigenvalue weighted by Gasteiger charge is 2.29. The summed E-state index contributed by atoms with van der Waals surface area (Å²) in [5, 5.41) is 25.0. The molecule has 4 atom stereocenters. The molecule has 8 N–H and O–H groups in total. The topological polar surface area (TPSA) is 200 Å². The van der Waals surface area contributed by atoms with Crippen LogP contribution in [0.4, 0.5) is 0 Å². The summed E-state index contributed by atoms with van der Waals surface area (Å²) in [5.74, 6) is -3.63. The summed E-state index contributed by atoms with van der Waals surface area (Å²) in [7, 11) is 0. The lowest BCUT2D eigenvalue weighted by molar-refractivity contribution is -0.143. The Labute approximate surface area is 167 Å². The smallest absolute Gasteiger partial charge is 0.328 e. The van der Waals surface area contributed by atoms with Crippen LogP contribution in [0.1, 0.15) is 26.0 Å². The van der Waals surface area contributed by atoms with Gasteiger partial charge < -0.3 is 36.9 Å². The third-order valence-electron chi connectivity index (χ3n) is 4.36. The van der Waals surface area contributed by atoms with Crippen molar-refractivity contribution in [2.24, 2.45) is 11.7 Å². The first kappa shape index (κ1) is 24.0. The highest BCUT2D eigenvalue weighted by atomic mass is 16.4. The van der Waals surface area contributed by atoms with Crippen LogP contribution < -0.4 is 21.7 Å². The minimum absolute atomic E-state index is 0.211. The molecule has 0 radical (unpaired) electrons. The van der Waals surface area contributed by atoms with Crippen LogP contribution in [0, 0.1) is 5.92 Å². The first-order chi connectivity index (χ1) is 13.7. The van der Waals surface area contributed by atoms with Gasteiger partial charge in [-0.3, -0.25) is 14.4 Å². The number of nitrogens with one attached hydrogen (secondary N) is 4. The van der Waals surface area contributed by atoms with Gasteiger partial charge in [-0.25, -0.2) is 9.78 Å². The van der Waals surface area contributed by atoms with E-state index in [-0.39, 0.29) is 12.3 Å². The number of nitrogens with zero attached hydrogens (tertiary/aromatic N) is 1. The summed E-state index contributed by atoms with van der Waals surface area (Å²) >= 11 is 0. The lowest BCUT2D eigenvalue weighted by atomic mass is 9.98. The molecule has 0 bridgehead atoms. The molecule has 1 aromatic rings. The third kappa shape index (κ3) is 7.87.